The number of hydrogen-bond acceptors (Lipinski definition) is 8. The predicted molar refractivity (Wildman–Crippen MR) is 196 cm³/mol. The maximum absolute atomic E-state index is 13.0. The van der Waals surface area contributed by atoms with Gasteiger partial charge in [0.05, 0.1) is 19.8 Å². The summed E-state index contributed by atoms with van der Waals surface area (Å²) in [5, 5.41) is 0.565. The number of carbonyl (C=O) groups is 1. The van der Waals surface area contributed by atoms with Crippen LogP contribution < -0.4 is 9.47 Å². The Kier molecular flexibility index (Phi) is 11.6. The fourth-order valence-corrected chi connectivity index (χ4v) is 6.93. The highest BCUT2D eigenvalue weighted by Gasteiger charge is 2.58. The molecule has 268 valence electrons. The van der Waals surface area contributed by atoms with Gasteiger partial charge >= 0.3 is 0 Å². The number of hydrogen-bond donors (Lipinski definition) is 0. The molecule has 0 saturated carbocycles. The largest absolute Gasteiger partial charge is 0.486 e. The molecule has 5 aromatic rings. The van der Waals surface area contributed by atoms with Gasteiger partial charge in [0.15, 0.2) is 17.8 Å². The molecule has 0 bridgehead atoms. The summed E-state index contributed by atoms with van der Waals surface area (Å²) in [6.07, 6.45) is -2.38. The second-order valence-corrected chi connectivity index (χ2v) is 13.2. The topological polar surface area (TPSA) is 81.7 Å². The minimum Gasteiger partial charge on any atom is -0.486 e. The Morgan fingerprint density at radius 2 is 1.25 bits per heavy atom. The van der Waals surface area contributed by atoms with Crippen LogP contribution in [-0.4, -0.2) is 51.0 Å². The standard InChI is InChI=1S/C43H41ClO8/c1-46-43(35-18-19-36(44)34(25-35)23-33-17-20-37-38(24-33)48-22-21-47-37)42(51-29-32-15-9-4-10-16-32)41(50-28-31-13-7-3-8-14-31)40(39(26-45)52-43)49-27-30-11-5-2-6-12-30/h2-20,24-26,39-42H,21-23,27-29H2,1H3/t39-,40-,41+,42-,43+/m1/s1. The Bertz CT molecular complexity index is 1910. The van der Waals surface area contributed by atoms with Gasteiger partial charge in [0.2, 0.25) is 5.79 Å². The molecule has 0 aromatic heterocycles. The van der Waals surface area contributed by atoms with Gasteiger partial charge in [0, 0.05) is 17.7 Å². The third-order valence-electron chi connectivity index (χ3n) is 9.36. The Hall–Kier alpha value is -4.54. The molecule has 8 nitrogen and oxygen atoms in total. The molecule has 0 aliphatic carbocycles. The van der Waals surface area contributed by atoms with E-state index in [2.05, 4.69) is 0 Å². The third-order valence-corrected chi connectivity index (χ3v) is 9.73. The Morgan fingerprint density at radius 1 is 0.673 bits per heavy atom. The fraction of sp³-hybridized carbons (Fsp3) is 0.279. The summed E-state index contributed by atoms with van der Waals surface area (Å²) in [7, 11) is 1.55. The van der Waals surface area contributed by atoms with Gasteiger partial charge in [-0.05, 0) is 58.5 Å². The minimum atomic E-state index is -1.60. The molecule has 52 heavy (non-hydrogen) atoms. The zero-order chi connectivity index (χ0) is 35.8. The summed E-state index contributed by atoms with van der Waals surface area (Å²) < 4.78 is 44.8. The van der Waals surface area contributed by atoms with Gasteiger partial charge in [0.25, 0.3) is 0 Å². The lowest BCUT2D eigenvalue weighted by Crippen LogP contribution is -2.65. The van der Waals surface area contributed by atoms with Gasteiger partial charge in [-0.15, -0.1) is 0 Å². The number of halogens is 1. The van der Waals surface area contributed by atoms with Crippen LogP contribution >= 0.6 is 11.6 Å². The number of carbonyl (C=O) groups excluding carboxylic acids is 1. The third kappa shape index (κ3) is 8.08. The van der Waals surface area contributed by atoms with E-state index in [4.69, 9.17) is 44.8 Å². The SMILES string of the molecule is CO[C@@]1(c2ccc(Cl)c(Cc3ccc4c(c3)OCCO4)c2)O[C@H](C=O)[C@@H](OCc2ccccc2)[C@H](OCc2ccccc2)[C@H]1OCc1ccccc1. The van der Waals surface area contributed by atoms with Gasteiger partial charge in [-0.1, -0.05) is 115 Å². The van der Waals surface area contributed by atoms with E-state index in [1.165, 1.54) is 0 Å². The van der Waals surface area contributed by atoms with Crippen LogP contribution in [0.5, 0.6) is 11.5 Å². The first-order chi connectivity index (χ1) is 25.6. The van der Waals surface area contributed by atoms with Crippen molar-refractivity contribution in [3.8, 4) is 11.5 Å². The molecular weight excluding hydrogens is 680 g/mol. The normalized spacial score (nSPS) is 22.5. The Labute approximate surface area is 309 Å². The first-order valence-corrected chi connectivity index (χ1v) is 17.8. The summed E-state index contributed by atoms with van der Waals surface area (Å²) in [5.41, 5.74) is 5.28. The molecule has 0 spiro atoms. The van der Waals surface area contributed by atoms with Gasteiger partial charge in [-0.2, -0.15) is 0 Å². The molecule has 5 aromatic carbocycles. The van der Waals surface area contributed by atoms with Crippen LogP contribution in [0, 0.1) is 0 Å². The quantitative estimate of drug-likeness (QED) is 0.107. The predicted octanol–water partition coefficient (Wildman–Crippen LogP) is 7.86. The monoisotopic (exact) mass is 720 g/mol. The molecule has 0 N–H and O–H groups in total. The number of ether oxygens (including phenoxy) is 7. The zero-order valence-corrected chi connectivity index (χ0v) is 29.7. The smallest absolute Gasteiger partial charge is 0.225 e. The van der Waals surface area contributed by atoms with Gasteiger partial charge in [-0.25, -0.2) is 0 Å². The molecule has 0 radical (unpaired) electrons. The van der Waals surface area contributed by atoms with Crippen LogP contribution in [0.15, 0.2) is 127 Å². The fourth-order valence-electron chi connectivity index (χ4n) is 6.75. The molecule has 1 fully saturated rings. The van der Waals surface area contributed by atoms with Crippen LogP contribution in [-0.2, 0) is 60.5 Å². The average molecular weight is 721 g/mol. The number of methoxy groups -OCH3 is 1. The molecule has 2 aliphatic rings. The average Bonchev–Trinajstić information content (AvgIpc) is 3.20. The second-order valence-electron chi connectivity index (χ2n) is 12.8. The molecule has 7 rings (SSSR count). The van der Waals surface area contributed by atoms with Gasteiger partial charge in [-0.3, -0.25) is 0 Å². The summed E-state index contributed by atoms with van der Waals surface area (Å²) in [4.78, 5) is 13.0. The highest BCUT2D eigenvalue weighted by molar-refractivity contribution is 6.31. The molecule has 5 atom stereocenters. The van der Waals surface area contributed by atoms with E-state index in [1.54, 1.807) is 7.11 Å². The number of rotatable bonds is 14. The molecular formula is C43H41ClO8. The van der Waals surface area contributed by atoms with Gasteiger partial charge in [0.1, 0.15) is 37.6 Å². The molecule has 2 aliphatic heterocycles. The van der Waals surface area contributed by atoms with E-state index in [0.29, 0.717) is 41.7 Å². The zero-order valence-electron chi connectivity index (χ0n) is 28.9. The van der Waals surface area contributed by atoms with Crippen molar-refractivity contribution in [3.63, 3.8) is 0 Å². The first-order valence-electron chi connectivity index (χ1n) is 17.4. The van der Waals surface area contributed by atoms with Crippen LogP contribution in [0.4, 0.5) is 0 Å². The second kappa shape index (κ2) is 16.9. The minimum absolute atomic E-state index is 0.222. The van der Waals surface area contributed by atoms with Crippen molar-refractivity contribution >= 4 is 17.9 Å². The summed E-state index contributed by atoms with van der Waals surface area (Å²) in [6, 6.07) is 41.0. The molecule has 9 heteroatoms. The van der Waals surface area contributed by atoms with E-state index in [9.17, 15) is 4.79 Å². The van der Waals surface area contributed by atoms with Crippen LogP contribution in [0.25, 0.3) is 0 Å². The van der Waals surface area contributed by atoms with Crippen LogP contribution in [0.2, 0.25) is 5.02 Å². The summed E-state index contributed by atoms with van der Waals surface area (Å²) >= 11 is 6.85. The highest BCUT2D eigenvalue weighted by Crippen LogP contribution is 2.44. The molecule has 1 saturated heterocycles. The van der Waals surface area contributed by atoms with Crippen LogP contribution in [0.3, 0.4) is 0 Å². The van der Waals surface area contributed by atoms with Crippen molar-refractivity contribution < 1.29 is 38.0 Å². The van der Waals surface area contributed by atoms with Crippen molar-refractivity contribution in [1.29, 1.82) is 0 Å². The number of aldehydes is 1. The van der Waals surface area contributed by atoms with Crippen molar-refractivity contribution in [2.45, 2.75) is 56.4 Å². The summed E-state index contributed by atoms with van der Waals surface area (Å²) in [6.45, 7) is 1.70. The first kappa shape index (κ1) is 35.8. The Balaban J connectivity index is 1.28. The lowest BCUT2D eigenvalue weighted by molar-refractivity contribution is -0.373. The van der Waals surface area contributed by atoms with Crippen molar-refractivity contribution in [2.24, 2.45) is 0 Å². The highest BCUT2D eigenvalue weighted by atomic mass is 35.5. The van der Waals surface area contributed by atoms with Gasteiger partial charge < -0.3 is 38.0 Å². The van der Waals surface area contributed by atoms with E-state index in [1.807, 2.05) is 127 Å². The van der Waals surface area contributed by atoms with E-state index >= 15 is 0 Å². The van der Waals surface area contributed by atoms with Crippen molar-refractivity contribution in [3.05, 3.63) is 166 Å². The Morgan fingerprint density at radius 3 is 1.85 bits per heavy atom. The van der Waals surface area contributed by atoms with E-state index in [0.717, 1.165) is 34.1 Å². The number of benzene rings is 5. The summed E-state index contributed by atoms with van der Waals surface area (Å²) in [5.74, 6) is -0.184. The lowest BCUT2D eigenvalue weighted by Gasteiger charge is -2.51. The van der Waals surface area contributed by atoms with E-state index in [-0.39, 0.29) is 19.8 Å². The lowest BCUT2D eigenvalue weighted by atomic mass is 9.86. The van der Waals surface area contributed by atoms with Crippen LogP contribution in [0.1, 0.15) is 33.4 Å². The number of fused-ring (bicyclic) bond motifs is 1. The maximum atomic E-state index is 13.0. The van der Waals surface area contributed by atoms with E-state index < -0.39 is 30.2 Å². The molecule has 2 heterocycles. The van der Waals surface area contributed by atoms with Crippen molar-refractivity contribution in [1.82, 2.24) is 0 Å². The molecule has 0 unspecified atom stereocenters. The maximum Gasteiger partial charge on any atom is 0.225 e. The molecule has 0 amide bonds. The van der Waals surface area contributed by atoms with Crippen molar-refractivity contribution in [2.75, 3.05) is 20.3 Å².